The van der Waals surface area contributed by atoms with Crippen molar-refractivity contribution < 1.29 is 4.92 Å². The van der Waals surface area contributed by atoms with Crippen molar-refractivity contribution in [2.24, 2.45) is 12.0 Å². The van der Waals surface area contributed by atoms with Crippen LogP contribution in [0.2, 0.25) is 0 Å². The number of aliphatic imine (C=N–C) groups is 1. The molecule has 0 N–H and O–H groups in total. The summed E-state index contributed by atoms with van der Waals surface area (Å²) >= 11 is 6.20. The second kappa shape index (κ2) is 8.06. The number of nitro benzene ring substituents is 1. The van der Waals surface area contributed by atoms with E-state index in [0.29, 0.717) is 22.0 Å². The molecule has 7 nitrogen and oxygen atoms in total. The first-order valence-corrected chi connectivity index (χ1v) is 8.76. The summed E-state index contributed by atoms with van der Waals surface area (Å²) in [6.07, 6.45) is 3.00. The van der Waals surface area contributed by atoms with Crippen molar-refractivity contribution in [1.82, 2.24) is 9.36 Å². The molecule has 0 saturated carbocycles. The number of benzene rings is 2. The average molecular weight is 397 g/mol. The lowest BCUT2D eigenvalue weighted by atomic mass is 10.2. The monoisotopic (exact) mass is 396 g/mol. The van der Waals surface area contributed by atoms with E-state index in [1.165, 1.54) is 23.0 Å². The first kappa shape index (κ1) is 19.3. The molecule has 8 heteroatoms. The van der Waals surface area contributed by atoms with Crippen LogP contribution in [0, 0.1) is 17.0 Å². The molecule has 0 atom stereocenters. The molecule has 3 rings (SSSR count). The van der Waals surface area contributed by atoms with Crippen LogP contribution in [0.25, 0.3) is 11.8 Å². The van der Waals surface area contributed by atoms with E-state index in [9.17, 15) is 14.9 Å². The molecule has 1 heterocycles. The second-order valence-electron chi connectivity index (χ2n) is 6.05. The maximum absolute atomic E-state index is 12.8. The third kappa shape index (κ3) is 3.94. The maximum atomic E-state index is 12.8. The van der Waals surface area contributed by atoms with E-state index in [1.807, 2.05) is 37.3 Å². The lowest BCUT2D eigenvalue weighted by Gasteiger charge is -2.07. The summed E-state index contributed by atoms with van der Waals surface area (Å²) < 4.78 is 3.27. The van der Waals surface area contributed by atoms with E-state index < -0.39 is 4.92 Å². The van der Waals surface area contributed by atoms with Gasteiger partial charge >= 0.3 is 0 Å². The summed E-state index contributed by atoms with van der Waals surface area (Å²) in [5.41, 5.74) is 2.18. The van der Waals surface area contributed by atoms with Crippen LogP contribution in [-0.2, 0) is 7.05 Å². The summed E-state index contributed by atoms with van der Waals surface area (Å²) in [5.74, 6) is 0. The van der Waals surface area contributed by atoms with E-state index in [1.54, 1.807) is 29.9 Å². The molecule has 0 aliphatic heterocycles. The molecule has 0 saturated heterocycles. The Morgan fingerprint density at radius 1 is 1.14 bits per heavy atom. The largest absolute Gasteiger partial charge is 0.297 e. The Hall–Kier alpha value is -3.45. The van der Waals surface area contributed by atoms with Gasteiger partial charge in [-0.3, -0.25) is 19.6 Å². The van der Waals surface area contributed by atoms with Crippen LogP contribution in [0.3, 0.4) is 0 Å². The average Bonchev–Trinajstić information content (AvgIpc) is 2.90. The normalized spacial score (nSPS) is 11.9. The smallest absolute Gasteiger partial charge is 0.283 e. The molecular formula is C20H17ClN4O3. The zero-order chi connectivity index (χ0) is 20.3. The standard InChI is InChI=1S/C20H17ClN4O3/c1-14-19(20(26)24(23(14)2)17-6-4-3-5-7-17)22-13-16(21)12-15-8-10-18(11-9-15)25(27)28/h3-13H,1-2H3. The fourth-order valence-corrected chi connectivity index (χ4v) is 2.89. The number of nitrogens with zero attached hydrogens (tertiary/aromatic N) is 4. The predicted molar refractivity (Wildman–Crippen MR) is 111 cm³/mol. The molecule has 0 bridgehead atoms. The lowest BCUT2D eigenvalue weighted by Crippen LogP contribution is -2.19. The SMILES string of the molecule is Cc1c(N=CC(Cl)=Cc2ccc([N+](=O)[O-])cc2)c(=O)n(-c2ccccc2)n1C. The van der Waals surface area contributed by atoms with Crippen LogP contribution in [0.15, 0.2) is 69.4 Å². The molecule has 142 valence electrons. The van der Waals surface area contributed by atoms with Crippen molar-refractivity contribution in [3.8, 4) is 5.69 Å². The van der Waals surface area contributed by atoms with Gasteiger partial charge in [-0.1, -0.05) is 29.8 Å². The Morgan fingerprint density at radius 3 is 2.39 bits per heavy atom. The third-order valence-corrected chi connectivity index (χ3v) is 4.46. The van der Waals surface area contributed by atoms with Gasteiger partial charge in [0.15, 0.2) is 5.69 Å². The number of aromatic nitrogens is 2. The van der Waals surface area contributed by atoms with Crippen molar-refractivity contribution in [2.75, 3.05) is 0 Å². The number of halogens is 1. The summed E-state index contributed by atoms with van der Waals surface area (Å²) in [6.45, 7) is 1.81. The van der Waals surface area contributed by atoms with E-state index in [-0.39, 0.29) is 11.2 Å². The minimum Gasteiger partial charge on any atom is -0.283 e. The van der Waals surface area contributed by atoms with Crippen LogP contribution in [0.4, 0.5) is 11.4 Å². The van der Waals surface area contributed by atoms with Crippen LogP contribution >= 0.6 is 11.6 Å². The molecule has 28 heavy (non-hydrogen) atoms. The molecule has 0 aliphatic rings. The number of hydrogen-bond acceptors (Lipinski definition) is 4. The van der Waals surface area contributed by atoms with Gasteiger partial charge in [-0.05, 0) is 42.8 Å². The Labute approximate surface area is 166 Å². The number of rotatable bonds is 5. The minimum atomic E-state index is -0.466. The Balaban J connectivity index is 1.90. The molecule has 0 aliphatic carbocycles. The number of hydrogen-bond donors (Lipinski definition) is 0. The first-order valence-electron chi connectivity index (χ1n) is 8.38. The van der Waals surface area contributed by atoms with E-state index in [0.717, 1.165) is 5.69 Å². The molecule has 3 aromatic rings. The van der Waals surface area contributed by atoms with E-state index in [2.05, 4.69) is 4.99 Å². The third-order valence-electron chi connectivity index (χ3n) is 4.25. The van der Waals surface area contributed by atoms with Crippen LogP contribution in [0.5, 0.6) is 0 Å². The topological polar surface area (TPSA) is 82.4 Å². The number of allylic oxidation sites excluding steroid dienone is 1. The highest BCUT2D eigenvalue weighted by molar-refractivity contribution is 6.41. The minimum absolute atomic E-state index is 0.00307. The predicted octanol–water partition coefficient (Wildman–Crippen LogP) is 4.37. The molecule has 0 fully saturated rings. The Morgan fingerprint density at radius 2 is 1.79 bits per heavy atom. The van der Waals surface area contributed by atoms with Crippen molar-refractivity contribution in [3.05, 3.63) is 91.4 Å². The van der Waals surface area contributed by atoms with Gasteiger partial charge in [0.05, 0.1) is 21.3 Å². The highest BCUT2D eigenvalue weighted by atomic mass is 35.5. The molecule has 0 unspecified atom stereocenters. The van der Waals surface area contributed by atoms with Crippen molar-refractivity contribution in [1.29, 1.82) is 0 Å². The number of para-hydroxylation sites is 1. The summed E-state index contributed by atoms with van der Waals surface area (Å²) in [7, 11) is 1.79. The molecule has 0 radical (unpaired) electrons. The van der Waals surface area contributed by atoms with Gasteiger partial charge in [0.25, 0.3) is 11.2 Å². The van der Waals surface area contributed by atoms with Gasteiger partial charge in [-0.25, -0.2) is 9.67 Å². The fourth-order valence-electron chi connectivity index (χ4n) is 2.72. The lowest BCUT2D eigenvalue weighted by molar-refractivity contribution is -0.384. The second-order valence-corrected chi connectivity index (χ2v) is 6.48. The van der Waals surface area contributed by atoms with Gasteiger partial charge in [0.2, 0.25) is 0 Å². The van der Waals surface area contributed by atoms with Crippen molar-refractivity contribution >= 4 is 35.3 Å². The number of non-ortho nitro benzene ring substituents is 1. The summed E-state index contributed by atoms with van der Waals surface area (Å²) in [5, 5.41) is 11.0. The fraction of sp³-hybridized carbons (Fsp3) is 0.100. The highest BCUT2D eigenvalue weighted by Gasteiger charge is 2.14. The Kier molecular flexibility index (Phi) is 5.56. The van der Waals surface area contributed by atoms with Gasteiger partial charge < -0.3 is 0 Å². The zero-order valence-corrected chi connectivity index (χ0v) is 16.0. The highest BCUT2D eigenvalue weighted by Crippen LogP contribution is 2.18. The van der Waals surface area contributed by atoms with Gasteiger partial charge in [-0.15, -0.1) is 0 Å². The molecule has 2 aromatic carbocycles. The number of nitro groups is 1. The van der Waals surface area contributed by atoms with E-state index >= 15 is 0 Å². The molecule has 1 aromatic heterocycles. The summed E-state index contributed by atoms with van der Waals surface area (Å²) in [6, 6.07) is 15.3. The van der Waals surface area contributed by atoms with Gasteiger partial charge in [0, 0.05) is 25.4 Å². The van der Waals surface area contributed by atoms with Crippen molar-refractivity contribution in [2.45, 2.75) is 6.92 Å². The first-order chi connectivity index (χ1) is 13.4. The zero-order valence-electron chi connectivity index (χ0n) is 15.2. The van der Waals surface area contributed by atoms with Crippen molar-refractivity contribution in [3.63, 3.8) is 0 Å². The molecule has 0 amide bonds. The van der Waals surface area contributed by atoms with Crippen LogP contribution in [0.1, 0.15) is 11.3 Å². The van der Waals surface area contributed by atoms with Gasteiger partial charge in [0.1, 0.15) is 0 Å². The van der Waals surface area contributed by atoms with Crippen LogP contribution in [-0.4, -0.2) is 20.5 Å². The van der Waals surface area contributed by atoms with E-state index in [4.69, 9.17) is 11.6 Å². The van der Waals surface area contributed by atoms with Gasteiger partial charge in [-0.2, -0.15) is 0 Å². The summed E-state index contributed by atoms with van der Waals surface area (Å²) in [4.78, 5) is 27.3. The molecular weight excluding hydrogens is 380 g/mol. The quantitative estimate of drug-likeness (QED) is 0.364. The Bertz CT molecular complexity index is 1130. The molecule has 0 spiro atoms. The van der Waals surface area contributed by atoms with Crippen LogP contribution < -0.4 is 5.56 Å². The maximum Gasteiger partial charge on any atom is 0.297 e.